The lowest BCUT2D eigenvalue weighted by Crippen LogP contribution is -2.00. The molecule has 2 aromatic heterocycles. The Hall–Kier alpha value is -7.43. The van der Waals surface area contributed by atoms with Gasteiger partial charge in [0, 0.05) is 27.5 Å². The molecule has 9 aromatic carbocycles. The monoisotopic (exact) mass is 701 g/mol. The molecule has 0 saturated carbocycles. The van der Waals surface area contributed by atoms with E-state index in [1.807, 2.05) is 66.7 Å². The average Bonchev–Trinajstić information content (AvgIpc) is 3.64. The third kappa shape index (κ3) is 5.26. The lowest BCUT2D eigenvalue weighted by atomic mass is 9.89. The summed E-state index contributed by atoms with van der Waals surface area (Å²) in [5.74, 6) is 1.86. The molecule has 0 aliphatic rings. The minimum Gasteiger partial charge on any atom is -0.456 e. The van der Waals surface area contributed by atoms with Crippen molar-refractivity contribution in [2.24, 2.45) is 0 Å². The lowest BCUT2D eigenvalue weighted by Gasteiger charge is -2.14. The Bertz CT molecular complexity index is 3170. The van der Waals surface area contributed by atoms with Crippen molar-refractivity contribution in [1.29, 1.82) is 0 Å². The number of furan rings is 1. The number of hydrogen-bond acceptors (Lipinski definition) is 4. The van der Waals surface area contributed by atoms with E-state index in [9.17, 15) is 0 Å². The molecule has 0 bridgehead atoms. The van der Waals surface area contributed by atoms with Crippen LogP contribution < -0.4 is 0 Å². The molecule has 4 nitrogen and oxygen atoms in total. The zero-order valence-electron chi connectivity index (χ0n) is 29.6. The van der Waals surface area contributed by atoms with E-state index in [-0.39, 0.29) is 0 Å². The van der Waals surface area contributed by atoms with Crippen LogP contribution in [-0.2, 0) is 0 Å². The third-order valence-electron chi connectivity index (χ3n) is 10.7. The van der Waals surface area contributed by atoms with Gasteiger partial charge in [0.05, 0.1) is 0 Å². The molecule has 256 valence electrons. The molecule has 0 radical (unpaired) electrons. The molecular weight excluding hydrogens is 671 g/mol. The summed E-state index contributed by atoms with van der Waals surface area (Å²) in [6, 6.07) is 65.9. The number of rotatable bonds is 5. The van der Waals surface area contributed by atoms with Crippen molar-refractivity contribution in [2.75, 3.05) is 0 Å². The first kappa shape index (κ1) is 31.1. The fourth-order valence-electron chi connectivity index (χ4n) is 8.08. The lowest BCUT2D eigenvalue weighted by molar-refractivity contribution is 0.669. The summed E-state index contributed by atoms with van der Waals surface area (Å²) >= 11 is 0. The molecule has 0 aliphatic carbocycles. The smallest absolute Gasteiger partial charge is 0.164 e. The average molecular weight is 702 g/mol. The Morgan fingerprint density at radius 2 is 0.618 bits per heavy atom. The Labute approximate surface area is 317 Å². The van der Waals surface area contributed by atoms with Crippen LogP contribution >= 0.6 is 0 Å². The predicted octanol–water partition coefficient (Wildman–Crippen LogP) is 13.6. The number of aromatic nitrogens is 3. The molecule has 11 aromatic rings. The van der Waals surface area contributed by atoms with E-state index in [1.165, 1.54) is 43.4 Å². The van der Waals surface area contributed by atoms with Gasteiger partial charge in [-0.25, -0.2) is 15.0 Å². The molecule has 0 saturated heterocycles. The van der Waals surface area contributed by atoms with Gasteiger partial charge in [-0.1, -0.05) is 158 Å². The van der Waals surface area contributed by atoms with Crippen LogP contribution in [-0.4, -0.2) is 15.0 Å². The first-order valence-electron chi connectivity index (χ1n) is 18.5. The molecular formula is C51H31N3O. The van der Waals surface area contributed by atoms with Crippen molar-refractivity contribution in [3.05, 3.63) is 188 Å². The van der Waals surface area contributed by atoms with Gasteiger partial charge in [0.1, 0.15) is 11.2 Å². The van der Waals surface area contributed by atoms with Crippen LogP contribution in [0.3, 0.4) is 0 Å². The zero-order chi connectivity index (χ0) is 36.3. The van der Waals surface area contributed by atoms with Crippen LogP contribution in [0.15, 0.2) is 192 Å². The van der Waals surface area contributed by atoms with Gasteiger partial charge >= 0.3 is 0 Å². The summed E-state index contributed by atoms with van der Waals surface area (Å²) in [4.78, 5) is 14.7. The van der Waals surface area contributed by atoms with Crippen LogP contribution in [0.4, 0.5) is 0 Å². The van der Waals surface area contributed by atoms with Crippen molar-refractivity contribution in [3.8, 4) is 56.4 Å². The summed E-state index contributed by atoms with van der Waals surface area (Å²) in [5, 5.41) is 9.75. The van der Waals surface area contributed by atoms with Crippen molar-refractivity contribution in [3.63, 3.8) is 0 Å². The van der Waals surface area contributed by atoms with Gasteiger partial charge in [0.2, 0.25) is 0 Å². The molecule has 0 N–H and O–H groups in total. The second-order valence-corrected chi connectivity index (χ2v) is 14.0. The fraction of sp³-hybridized carbons (Fsp3) is 0. The van der Waals surface area contributed by atoms with Gasteiger partial charge in [-0.3, -0.25) is 0 Å². The SMILES string of the molecule is c1ccc(-c2nc(-c3ccccc3)nc(-c3ccc4c(c3)oc3cc(-c5ccccc5-c5ccc6c7ccccc7c7ccccc7c6c5)ccc34)n2)cc1. The third-order valence-corrected chi connectivity index (χ3v) is 10.7. The predicted molar refractivity (Wildman–Crippen MR) is 227 cm³/mol. The normalized spacial score (nSPS) is 11.6. The quantitative estimate of drug-likeness (QED) is 0.168. The Morgan fingerprint density at radius 3 is 1.15 bits per heavy atom. The Balaban J connectivity index is 1.01. The number of benzene rings is 9. The highest BCUT2D eigenvalue weighted by Crippen LogP contribution is 2.41. The maximum atomic E-state index is 6.63. The highest BCUT2D eigenvalue weighted by Gasteiger charge is 2.17. The largest absolute Gasteiger partial charge is 0.456 e. The molecule has 0 atom stereocenters. The van der Waals surface area contributed by atoms with E-state index >= 15 is 0 Å². The maximum Gasteiger partial charge on any atom is 0.164 e. The van der Waals surface area contributed by atoms with E-state index in [1.54, 1.807) is 0 Å². The minimum absolute atomic E-state index is 0.598. The van der Waals surface area contributed by atoms with E-state index in [2.05, 4.69) is 121 Å². The summed E-state index contributed by atoms with van der Waals surface area (Å²) in [5.41, 5.74) is 8.97. The molecule has 0 spiro atoms. The molecule has 0 fully saturated rings. The highest BCUT2D eigenvalue weighted by atomic mass is 16.3. The van der Waals surface area contributed by atoms with Crippen LogP contribution in [0, 0.1) is 0 Å². The first-order valence-corrected chi connectivity index (χ1v) is 18.5. The zero-order valence-corrected chi connectivity index (χ0v) is 29.6. The minimum atomic E-state index is 0.598. The van der Waals surface area contributed by atoms with E-state index < -0.39 is 0 Å². The van der Waals surface area contributed by atoms with Gasteiger partial charge in [-0.15, -0.1) is 0 Å². The van der Waals surface area contributed by atoms with Crippen molar-refractivity contribution in [2.45, 2.75) is 0 Å². The van der Waals surface area contributed by atoms with E-state index in [0.29, 0.717) is 17.5 Å². The molecule has 55 heavy (non-hydrogen) atoms. The molecule has 0 unspecified atom stereocenters. The fourth-order valence-corrected chi connectivity index (χ4v) is 8.08. The van der Waals surface area contributed by atoms with Crippen LogP contribution in [0.2, 0.25) is 0 Å². The van der Waals surface area contributed by atoms with E-state index in [0.717, 1.165) is 49.8 Å². The van der Waals surface area contributed by atoms with Gasteiger partial charge in [0.25, 0.3) is 0 Å². The molecule has 0 amide bonds. The van der Waals surface area contributed by atoms with Gasteiger partial charge in [-0.2, -0.15) is 0 Å². The number of fused-ring (bicyclic) bond motifs is 9. The standard InChI is InChI=1S/C51H31N3O/c1-3-13-32(14-4-1)49-52-50(33-15-5-2-6-16-33)54-51(53-49)36-25-28-45-44-27-24-35(30-47(44)55-48(45)31-36)38-18-8-7-17-37(38)34-23-26-43-41-21-10-9-19-39(41)40-20-11-12-22-42(40)46(43)29-34/h1-31H. The second kappa shape index (κ2) is 12.6. The summed E-state index contributed by atoms with van der Waals surface area (Å²) in [6.45, 7) is 0. The topological polar surface area (TPSA) is 51.8 Å². The van der Waals surface area contributed by atoms with Crippen LogP contribution in [0.1, 0.15) is 0 Å². The number of nitrogens with zero attached hydrogens (tertiary/aromatic N) is 3. The molecule has 0 aliphatic heterocycles. The molecule has 2 heterocycles. The second-order valence-electron chi connectivity index (χ2n) is 14.0. The summed E-state index contributed by atoms with van der Waals surface area (Å²) in [7, 11) is 0. The first-order chi connectivity index (χ1) is 27.2. The van der Waals surface area contributed by atoms with Crippen LogP contribution in [0.25, 0.3) is 111 Å². The maximum absolute atomic E-state index is 6.63. The van der Waals surface area contributed by atoms with E-state index in [4.69, 9.17) is 19.4 Å². The van der Waals surface area contributed by atoms with Crippen molar-refractivity contribution in [1.82, 2.24) is 15.0 Å². The van der Waals surface area contributed by atoms with Crippen molar-refractivity contribution < 1.29 is 4.42 Å². The number of hydrogen-bond donors (Lipinski definition) is 0. The van der Waals surface area contributed by atoms with Crippen molar-refractivity contribution >= 4 is 54.3 Å². The molecule has 11 rings (SSSR count). The Morgan fingerprint density at radius 1 is 0.255 bits per heavy atom. The van der Waals surface area contributed by atoms with Crippen LogP contribution in [0.5, 0.6) is 0 Å². The summed E-state index contributed by atoms with van der Waals surface area (Å²) in [6.07, 6.45) is 0. The highest BCUT2D eigenvalue weighted by molar-refractivity contribution is 6.25. The van der Waals surface area contributed by atoms with Gasteiger partial charge < -0.3 is 4.42 Å². The van der Waals surface area contributed by atoms with Gasteiger partial charge in [0.15, 0.2) is 17.5 Å². The Kier molecular flexibility index (Phi) is 7.14. The molecule has 4 heteroatoms. The van der Waals surface area contributed by atoms with Gasteiger partial charge in [-0.05, 0) is 84.9 Å². The summed E-state index contributed by atoms with van der Waals surface area (Å²) < 4.78 is 6.63.